The van der Waals surface area contributed by atoms with Crippen molar-refractivity contribution in [3.63, 3.8) is 0 Å². The van der Waals surface area contributed by atoms with Gasteiger partial charge in [0.1, 0.15) is 0 Å². The summed E-state index contributed by atoms with van der Waals surface area (Å²) < 4.78 is 11.0. The van der Waals surface area contributed by atoms with Crippen molar-refractivity contribution in [2.45, 2.75) is 18.9 Å². The van der Waals surface area contributed by atoms with E-state index in [2.05, 4.69) is 5.32 Å². The van der Waals surface area contributed by atoms with Crippen molar-refractivity contribution in [2.75, 3.05) is 46.5 Å². The Kier molecular flexibility index (Phi) is 4.76. The molecule has 0 aromatic rings. The maximum Gasteiger partial charge on any atom is 0.228 e. The topological polar surface area (TPSA) is 50.8 Å². The van der Waals surface area contributed by atoms with Crippen LogP contribution in [0.5, 0.6) is 0 Å². The zero-order chi connectivity index (χ0) is 12.1. The van der Waals surface area contributed by atoms with Crippen molar-refractivity contribution in [2.24, 2.45) is 5.92 Å². The van der Waals surface area contributed by atoms with Crippen LogP contribution >= 0.6 is 0 Å². The quantitative estimate of drug-likeness (QED) is 0.748. The van der Waals surface area contributed by atoms with E-state index in [0.717, 1.165) is 32.5 Å². The molecular formula is C12H22N2O3. The number of carbonyl (C=O) groups is 1. The second kappa shape index (κ2) is 6.33. The van der Waals surface area contributed by atoms with E-state index >= 15 is 0 Å². The summed E-state index contributed by atoms with van der Waals surface area (Å²) in [6.07, 6.45) is 2.09. The Hall–Kier alpha value is -0.650. The Morgan fingerprint density at radius 3 is 3.06 bits per heavy atom. The number of rotatable bonds is 3. The van der Waals surface area contributed by atoms with Gasteiger partial charge in [-0.05, 0) is 19.9 Å². The van der Waals surface area contributed by atoms with Gasteiger partial charge in [0.15, 0.2) is 0 Å². The minimum absolute atomic E-state index is 0.0667. The number of ether oxygens (including phenoxy) is 2. The number of hydrogen-bond acceptors (Lipinski definition) is 4. The fourth-order valence-electron chi connectivity index (χ4n) is 2.46. The Balaban J connectivity index is 1.85. The van der Waals surface area contributed by atoms with Gasteiger partial charge in [0.05, 0.1) is 25.2 Å². The van der Waals surface area contributed by atoms with Crippen LogP contribution in [0.4, 0.5) is 0 Å². The second-order valence-corrected chi connectivity index (χ2v) is 4.75. The molecule has 2 rings (SSSR count). The Bertz CT molecular complexity index is 252. The number of nitrogens with one attached hydrogen (secondary N) is 1. The van der Waals surface area contributed by atoms with Crippen molar-refractivity contribution >= 4 is 5.91 Å². The number of nitrogens with zero attached hydrogens (tertiary/aromatic N) is 1. The van der Waals surface area contributed by atoms with Crippen LogP contribution in [0.1, 0.15) is 12.8 Å². The molecule has 2 aliphatic rings. The van der Waals surface area contributed by atoms with Crippen molar-refractivity contribution < 1.29 is 14.3 Å². The third-order valence-corrected chi connectivity index (χ3v) is 3.39. The first-order chi connectivity index (χ1) is 8.31. The highest BCUT2D eigenvalue weighted by atomic mass is 16.5. The van der Waals surface area contributed by atoms with Gasteiger partial charge < -0.3 is 19.7 Å². The van der Waals surface area contributed by atoms with Crippen molar-refractivity contribution in [1.82, 2.24) is 10.2 Å². The highest BCUT2D eigenvalue weighted by molar-refractivity contribution is 5.79. The summed E-state index contributed by atoms with van der Waals surface area (Å²) in [7, 11) is 1.90. The van der Waals surface area contributed by atoms with Gasteiger partial charge in [-0.1, -0.05) is 0 Å². The van der Waals surface area contributed by atoms with E-state index in [1.54, 1.807) is 0 Å². The van der Waals surface area contributed by atoms with Crippen LogP contribution in [-0.4, -0.2) is 63.4 Å². The lowest BCUT2D eigenvalue weighted by molar-refractivity contribution is -0.147. The molecule has 98 valence electrons. The molecule has 0 spiro atoms. The summed E-state index contributed by atoms with van der Waals surface area (Å²) in [6, 6.07) is 0. The molecule has 17 heavy (non-hydrogen) atoms. The van der Waals surface area contributed by atoms with Crippen LogP contribution in [0.15, 0.2) is 0 Å². The van der Waals surface area contributed by atoms with Gasteiger partial charge in [-0.25, -0.2) is 0 Å². The van der Waals surface area contributed by atoms with E-state index < -0.39 is 0 Å². The highest BCUT2D eigenvalue weighted by Crippen LogP contribution is 2.18. The summed E-state index contributed by atoms with van der Waals surface area (Å²) in [5.74, 6) is 0.311. The molecule has 2 saturated heterocycles. The van der Waals surface area contributed by atoms with E-state index in [1.165, 1.54) is 0 Å². The maximum atomic E-state index is 12.3. The van der Waals surface area contributed by atoms with Crippen LogP contribution in [-0.2, 0) is 14.3 Å². The molecule has 2 unspecified atom stereocenters. The van der Waals surface area contributed by atoms with Crippen molar-refractivity contribution in [3.05, 3.63) is 0 Å². The Labute approximate surface area is 102 Å². The molecule has 0 radical (unpaired) electrons. The first-order valence-corrected chi connectivity index (χ1v) is 6.44. The minimum Gasteiger partial charge on any atom is -0.381 e. The summed E-state index contributed by atoms with van der Waals surface area (Å²) in [6.45, 7) is 4.25. The molecule has 2 aliphatic heterocycles. The predicted molar refractivity (Wildman–Crippen MR) is 63.8 cm³/mol. The van der Waals surface area contributed by atoms with Gasteiger partial charge in [0.2, 0.25) is 5.91 Å². The molecular weight excluding hydrogens is 220 g/mol. The minimum atomic E-state index is 0.0667. The smallest absolute Gasteiger partial charge is 0.228 e. The maximum absolute atomic E-state index is 12.3. The van der Waals surface area contributed by atoms with Crippen LogP contribution in [0.2, 0.25) is 0 Å². The lowest BCUT2D eigenvalue weighted by Crippen LogP contribution is -2.51. The molecule has 1 N–H and O–H groups in total. The third kappa shape index (κ3) is 3.40. The second-order valence-electron chi connectivity index (χ2n) is 4.75. The lowest BCUT2D eigenvalue weighted by Gasteiger charge is -2.35. The van der Waals surface area contributed by atoms with Crippen LogP contribution in [0, 0.1) is 5.92 Å². The fourth-order valence-corrected chi connectivity index (χ4v) is 2.46. The molecule has 1 amide bonds. The van der Waals surface area contributed by atoms with Gasteiger partial charge in [-0.2, -0.15) is 0 Å². The number of likely N-dealkylation sites (N-methyl/N-ethyl adjacent to an activating group) is 1. The highest BCUT2D eigenvalue weighted by Gasteiger charge is 2.30. The third-order valence-electron chi connectivity index (χ3n) is 3.39. The van der Waals surface area contributed by atoms with Crippen LogP contribution in [0.25, 0.3) is 0 Å². The molecule has 5 nitrogen and oxygen atoms in total. The standard InChI is InChI=1S/C12H22N2O3/c1-13-7-11-8-14(4-6-17-11)12(15)10-3-2-5-16-9-10/h10-11,13H,2-9H2,1H3. The summed E-state index contributed by atoms with van der Waals surface area (Å²) in [4.78, 5) is 14.2. The Morgan fingerprint density at radius 1 is 1.47 bits per heavy atom. The predicted octanol–water partition coefficient (Wildman–Crippen LogP) is -0.140. The lowest BCUT2D eigenvalue weighted by atomic mass is 10.0. The zero-order valence-corrected chi connectivity index (χ0v) is 10.5. The normalized spacial score (nSPS) is 30.3. The van der Waals surface area contributed by atoms with Crippen molar-refractivity contribution in [3.8, 4) is 0 Å². The largest absolute Gasteiger partial charge is 0.381 e. The zero-order valence-electron chi connectivity index (χ0n) is 10.5. The van der Waals surface area contributed by atoms with E-state index in [-0.39, 0.29) is 17.9 Å². The van der Waals surface area contributed by atoms with Crippen LogP contribution in [0.3, 0.4) is 0 Å². The van der Waals surface area contributed by atoms with Gasteiger partial charge in [0.25, 0.3) is 0 Å². The molecule has 0 saturated carbocycles. The average molecular weight is 242 g/mol. The molecule has 2 heterocycles. The van der Waals surface area contributed by atoms with Gasteiger partial charge >= 0.3 is 0 Å². The molecule has 0 aromatic carbocycles. The monoisotopic (exact) mass is 242 g/mol. The molecule has 0 aliphatic carbocycles. The number of carbonyl (C=O) groups excluding carboxylic acids is 1. The SMILES string of the molecule is CNCC1CN(C(=O)C2CCCOC2)CCO1. The van der Waals surface area contributed by atoms with Crippen molar-refractivity contribution in [1.29, 1.82) is 0 Å². The number of hydrogen-bond donors (Lipinski definition) is 1. The average Bonchev–Trinajstić information content (AvgIpc) is 2.40. The molecule has 5 heteroatoms. The van der Waals surface area contributed by atoms with Gasteiger partial charge in [-0.15, -0.1) is 0 Å². The van der Waals surface area contributed by atoms with E-state index in [1.807, 2.05) is 11.9 Å². The molecule has 2 atom stereocenters. The molecule has 0 bridgehead atoms. The molecule has 0 aromatic heterocycles. The van der Waals surface area contributed by atoms with E-state index in [0.29, 0.717) is 19.8 Å². The number of morpholine rings is 1. The first kappa shape index (κ1) is 12.8. The summed E-state index contributed by atoms with van der Waals surface area (Å²) in [5, 5.41) is 3.09. The van der Waals surface area contributed by atoms with Crippen LogP contribution < -0.4 is 5.32 Å². The fraction of sp³-hybridized carbons (Fsp3) is 0.917. The number of amides is 1. The summed E-state index contributed by atoms with van der Waals surface area (Å²) in [5.41, 5.74) is 0. The van der Waals surface area contributed by atoms with Gasteiger partial charge in [-0.3, -0.25) is 4.79 Å². The van der Waals surface area contributed by atoms with E-state index in [9.17, 15) is 4.79 Å². The van der Waals surface area contributed by atoms with Gasteiger partial charge in [0, 0.05) is 26.2 Å². The summed E-state index contributed by atoms with van der Waals surface area (Å²) >= 11 is 0. The first-order valence-electron chi connectivity index (χ1n) is 6.44. The Morgan fingerprint density at radius 2 is 2.35 bits per heavy atom. The molecule has 2 fully saturated rings. The van der Waals surface area contributed by atoms with E-state index in [4.69, 9.17) is 9.47 Å².